The Bertz CT molecular complexity index is 1290. The Labute approximate surface area is 372 Å². The van der Waals surface area contributed by atoms with E-state index in [0.717, 1.165) is 72.5 Å². The molecule has 0 aromatic heterocycles. The van der Waals surface area contributed by atoms with Crippen molar-refractivity contribution >= 4 is 0 Å². The highest BCUT2D eigenvalue weighted by atomic mass is 15.4. The second-order valence-corrected chi connectivity index (χ2v) is 25.2. The molecule has 10 unspecified atom stereocenters. The predicted octanol–water partition coefficient (Wildman–Crippen LogP) is 5.87. The van der Waals surface area contributed by atoms with Crippen molar-refractivity contribution in [3.05, 3.63) is 0 Å². The Hall–Kier alpha value is -0.400. The van der Waals surface area contributed by atoms with Crippen LogP contribution in [0.5, 0.6) is 0 Å². The zero-order valence-electron chi connectivity index (χ0n) is 42.9. The Balaban J connectivity index is 0.000000126. The van der Waals surface area contributed by atoms with Gasteiger partial charge in [-0.25, -0.2) is 0 Å². The molecule has 12 rings (SSSR count). The first-order valence-electron chi connectivity index (χ1n) is 25.1. The van der Waals surface area contributed by atoms with Crippen LogP contribution in [0.1, 0.15) is 135 Å². The average Bonchev–Trinajstić information content (AvgIpc) is 3.85. The lowest BCUT2D eigenvalue weighted by molar-refractivity contribution is -0.0804. The van der Waals surface area contributed by atoms with Crippen LogP contribution in [-0.4, -0.2) is 239 Å². The summed E-state index contributed by atoms with van der Waals surface area (Å²) in [4.78, 5) is 25.9. The van der Waals surface area contributed by atoms with E-state index in [1.165, 1.54) is 110 Å². The number of hydrogen-bond acceptors (Lipinski definition) is 10. The van der Waals surface area contributed by atoms with Crippen LogP contribution in [0, 0.1) is 0 Å². The molecule has 12 aliphatic rings. The van der Waals surface area contributed by atoms with Gasteiger partial charge in [-0.15, -0.1) is 0 Å². The molecule has 350 valence electrons. The molecule has 0 saturated carbocycles. The van der Waals surface area contributed by atoms with Gasteiger partial charge < -0.3 is 14.7 Å². The van der Waals surface area contributed by atoms with Crippen molar-refractivity contribution < 1.29 is 0 Å². The Morgan fingerprint density at radius 3 is 1.10 bits per heavy atom. The minimum Gasteiger partial charge on any atom is -0.303 e. The largest absolute Gasteiger partial charge is 0.303 e. The number of likely N-dealkylation sites (N-methyl/N-ethyl adjacent to an activating group) is 5. The summed E-state index contributed by atoms with van der Waals surface area (Å²) >= 11 is 0. The van der Waals surface area contributed by atoms with Crippen LogP contribution in [0.2, 0.25) is 0 Å². The first-order chi connectivity index (χ1) is 27.8. The van der Waals surface area contributed by atoms with Crippen molar-refractivity contribution in [2.45, 2.75) is 224 Å². The van der Waals surface area contributed by atoms with E-state index in [-0.39, 0.29) is 0 Å². The zero-order valence-corrected chi connectivity index (χ0v) is 42.9. The molecule has 0 spiro atoms. The molecule has 0 amide bonds. The molecular formula is C50H100N10. The molecule has 0 N–H and O–H groups in total. The first-order valence-corrected chi connectivity index (χ1v) is 25.1. The van der Waals surface area contributed by atoms with Crippen molar-refractivity contribution in [2.24, 2.45) is 0 Å². The number of nitrogens with zero attached hydrogens (tertiary/aromatic N) is 10. The number of piperazine rings is 5. The molecule has 60 heavy (non-hydrogen) atoms. The highest BCUT2D eigenvalue weighted by molar-refractivity contribution is 5.04. The lowest BCUT2D eigenvalue weighted by atomic mass is 9.86. The second-order valence-electron chi connectivity index (χ2n) is 25.2. The molecule has 0 aromatic carbocycles. The topological polar surface area (TPSA) is 32.4 Å². The van der Waals surface area contributed by atoms with E-state index >= 15 is 0 Å². The van der Waals surface area contributed by atoms with Crippen LogP contribution < -0.4 is 0 Å². The smallest absolute Gasteiger partial charge is 0.0244 e. The highest BCUT2D eigenvalue weighted by Crippen LogP contribution is 2.37. The Morgan fingerprint density at radius 2 is 0.750 bits per heavy atom. The Kier molecular flexibility index (Phi) is 15.7. The van der Waals surface area contributed by atoms with Crippen LogP contribution in [0.4, 0.5) is 0 Å². The molecule has 10 heteroatoms. The number of piperidine rings is 2. The van der Waals surface area contributed by atoms with Crippen LogP contribution in [0.25, 0.3) is 0 Å². The van der Waals surface area contributed by atoms with Crippen molar-refractivity contribution in [3.63, 3.8) is 0 Å². The third kappa shape index (κ3) is 11.3. The number of fused-ring (bicyclic) bond motifs is 10. The maximum atomic E-state index is 2.74. The van der Waals surface area contributed by atoms with E-state index in [0.29, 0.717) is 16.6 Å². The van der Waals surface area contributed by atoms with Crippen molar-refractivity contribution in [1.29, 1.82) is 0 Å². The van der Waals surface area contributed by atoms with Gasteiger partial charge in [-0.3, -0.25) is 34.3 Å². The van der Waals surface area contributed by atoms with E-state index in [4.69, 9.17) is 0 Å². The quantitative estimate of drug-likeness (QED) is 0.337. The molecular weight excluding hydrogens is 741 g/mol. The van der Waals surface area contributed by atoms with Gasteiger partial charge in [0.1, 0.15) is 0 Å². The maximum absolute atomic E-state index is 2.74. The van der Waals surface area contributed by atoms with Gasteiger partial charge in [-0.2, -0.15) is 0 Å². The fourth-order valence-electron chi connectivity index (χ4n) is 13.4. The van der Waals surface area contributed by atoms with Crippen LogP contribution in [-0.2, 0) is 0 Å². The van der Waals surface area contributed by atoms with Crippen LogP contribution in [0.15, 0.2) is 0 Å². The van der Waals surface area contributed by atoms with E-state index < -0.39 is 0 Å². The van der Waals surface area contributed by atoms with Gasteiger partial charge >= 0.3 is 0 Å². The highest BCUT2D eigenvalue weighted by Gasteiger charge is 2.47. The lowest BCUT2D eigenvalue weighted by Crippen LogP contribution is -2.69. The molecule has 10 atom stereocenters. The van der Waals surface area contributed by atoms with Gasteiger partial charge in [-0.1, -0.05) is 0 Å². The summed E-state index contributed by atoms with van der Waals surface area (Å²) in [5.74, 6) is 0. The molecule has 10 nitrogen and oxygen atoms in total. The maximum Gasteiger partial charge on any atom is 0.0244 e. The normalized spacial score (nSPS) is 38.0. The molecule has 12 heterocycles. The SMILES string of the molecule is CC(C)N1C2CC1CN(C)C2.CC(C)N1CC2CC1CN2C.CN1C2CC1CN(C(C)(C)C)C2.CN1C2CCC1CN(C(C)(C)C)C2.CN1CC2CCC(C1)N2C(C)(C)C. The molecule has 12 fully saturated rings. The van der Waals surface area contributed by atoms with Gasteiger partial charge in [-0.05, 0) is 170 Å². The number of rotatable bonds is 2. The molecule has 0 aromatic rings. The second kappa shape index (κ2) is 19.2. The van der Waals surface area contributed by atoms with Gasteiger partial charge in [0.2, 0.25) is 0 Å². The van der Waals surface area contributed by atoms with Gasteiger partial charge in [0.05, 0.1) is 0 Å². The Morgan fingerprint density at radius 1 is 0.367 bits per heavy atom. The molecule has 12 aliphatic heterocycles. The summed E-state index contributed by atoms with van der Waals surface area (Å²) in [6.07, 6.45) is 9.93. The number of hydrogen-bond donors (Lipinski definition) is 0. The predicted molar refractivity (Wildman–Crippen MR) is 256 cm³/mol. The fourth-order valence-corrected chi connectivity index (χ4v) is 13.4. The summed E-state index contributed by atoms with van der Waals surface area (Å²) in [7, 11) is 11.3. The van der Waals surface area contributed by atoms with E-state index in [1.54, 1.807) is 0 Å². The van der Waals surface area contributed by atoms with Gasteiger partial charge in [0.25, 0.3) is 0 Å². The standard InChI is InChI=1S/2C11H22N2.C10H20N2.2C9H18N2/c1-11(2,3)13-7-9-5-6-10(8-13)12(9)4;1-11(2,3)13-9-5-6-10(13)8-12(4)7-9;1-10(2,3)12-6-8-5-9(7-12)11(8)4;1-7(2)11-6-8-4-9(11)5-10(8)3;1-7(2)11-8-4-9(11)6-10(3)5-8/h2*9-10H,5-8H2,1-4H3;8-9H,5-7H2,1-4H3;2*7-9H,4-6H2,1-3H3. The van der Waals surface area contributed by atoms with Crippen molar-refractivity contribution in [2.75, 3.05) is 101 Å². The first kappa shape index (κ1) is 49.0. The molecule has 0 radical (unpaired) electrons. The van der Waals surface area contributed by atoms with Gasteiger partial charge in [0.15, 0.2) is 0 Å². The van der Waals surface area contributed by atoms with Crippen molar-refractivity contribution in [3.8, 4) is 0 Å². The van der Waals surface area contributed by atoms with E-state index in [2.05, 4.69) is 174 Å². The molecule has 0 aliphatic carbocycles. The third-order valence-corrected chi connectivity index (χ3v) is 17.0. The minimum absolute atomic E-state index is 0.363. The lowest BCUT2D eigenvalue weighted by Gasteiger charge is -2.58. The summed E-state index contributed by atoms with van der Waals surface area (Å²) in [5, 5.41) is 0. The number of likely N-dealkylation sites (tertiary alicyclic amines) is 4. The molecule has 10 bridgehead atoms. The van der Waals surface area contributed by atoms with E-state index in [9.17, 15) is 0 Å². The fraction of sp³-hybridized carbons (Fsp3) is 1.00. The van der Waals surface area contributed by atoms with E-state index in [1.807, 2.05) is 0 Å². The summed E-state index contributed by atoms with van der Waals surface area (Å²) < 4.78 is 0. The monoisotopic (exact) mass is 841 g/mol. The third-order valence-electron chi connectivity index (χ3n) is 17.0. The average molecular weight is 841 g/mol. The summed E-state index contributed by atoms with van der Waals surface area (Å²) in [5.41, 5.74) is 1.10. The molecule has 12 saturated heterocycles. The van der Waals surface area contributed by atoms with Crippen molar-refractivity contribution in [1.82, 2.24) is 49.0 Å². The van der Waals surface area contributed by atoms with Crippen LogP contribution >= 0.6 is 0 Å². The zero-order chi connectivity index (χ0) is 44.2. The summed E-state index contributed by atoms with van der Waals surface area (Å²) in [6, 6.07) is 9.99. The minimum atomic E-state index is 0.363. The van der Waals surface area contributed by atoms with Gasteiger partial charge in [0, 0.05) is 155 Å². The summed E-state index contributed by atoms with van der Waals surface area (Å²) in [6.45, 7) is 43.0. The van der Waals surface area contributed by atoms with Crippen LogP contribution in [0.3, 0.4) is 0 Å².